The average molecular weight is 433 g/mol. The molecule has 3 heterocycles. The normalized spacial score (nSPS) is 24.1. The van der Waals surface area contributed by atoms with Crippen molar-refractivity contribution >= 4 is 70.3 Å². The van der Waals surface area contributed by atoms with Crippen molar-refractivity contribution < 1.29 is 19.1 Å². The number of allylic oxidation sites excluding steroid dienone is 4. The predicted molar refractivity (Wildman–Crippen MR) is 113 cm³/mol. The molecule has 0 aliphatic carbocycles. The van der Waals surface area contributed by atoms with Crippen LogP contribution in [0.1, 0.15) is 0 Å². The van der Waals surface area contributed by atoms with E-state index in [9.17, 15) is 9.59 Å². The highest BCUT2D eigenvalue weighted by Crippen LogP contribution is 2.57. The molecule has 0 saturated heterocycles. The van der Waals surface area contributed by atoms with Gasteiger partial charge >= 0.3 is 11.9 Å². The fourth-order valence-corrected chi connectivity index (χ4v) is 8.15. The fourth-order valence-electron chi connectivity index (χ4n) is 2.14. The third-order valence-electron chi connectivity index (χ3n) is 3.17. The third kappa shape index (κ3) is 4.40. The molecule has 0 amide bonds. The van der Waals surface area contributed by atoms with Crippen molar-refractivity contribution in [2.24, 2.45) is 0 Å². The van der Waals surface area contributed by atoms with Gasteiger partial charge in [-0.2, -0.15) is 25.3 Å². The first-order chi connectivity index (χ1) is 12.1. The number of carbonyl (C=O) groups excluding carboxylic acids is 2. The SMILES string of the molecule is O=C(CS)OC1=CC=C[SH]1c1ccc([SH]2C=CC=C2OC(=O)CS)s1. The molecule has 9 heteroatoms. The minimum Gasteiger partial charge on any atom is -0.420 e. The predicted octanol–water partition coefficient (Wildman–Crippen LogP) is 4.15. The summed E-state index contributed by atoms with van der Waals surface area (Å²) in [6.45, 7) is 0. The topological polar surface area (TPSA) is 52.6 Å². The second kappa shape index (κ2) is 8.59. The summed E-state index contributed by atoms with van der Waals surface area (Å²) in [5.74, 6) is -0.599. The van der Waals surface area contributed by atoms with Gasteiger partial charge in [-0.05, 0) is 35.1 Å². The molecule has 2 aliphatic heterocycles. The summed E-state index contributed by atoms with van der Waals surface area (Å²) >= 11 is 9.54. The Morgan fingerprint density at radius 2 is 1.32 bits per heavy atom. The van der Waals surface area contributed by atoms with Crippen LogP contribution in [0.15, 0.2) is 65.9 Å². The summed E-state index contributed by atoms with van der Waals surface area (Å²) < 4.78 is 13.0. The zero-order chi connectivity index (χ0) is 17.8. The molecular weight excluding hydrogens is 417 g/mol. The lowest BCUT2D eigenvalue weighted by Gasteiger charge is -2.17. The molecule has 0 spiro atoms. The molecule has 0 aromatic carbocycles. The van der Waals surface area contributed by atoms with Crippen molar-refractivity contribution in [1.29, 1.82) is 0 Å². The van der Waals surface area contributed by atoms with Crippen LogP contribution in [-0.4, -0.2) is 23.4 Å². The Morgan fingerprint density at radius 3 is 1.72 bits per heavy atom. The van der Waals surface area contributed by atoms with E-state index in [2.05, 4.69) is 48.2 Å². The quantitative estimate of drug-likeness (QED) is 0.403. The zero-order valence-electron chi connectivity index (χ0n) is 12.9. The Morgan fingerprint density at radius 1 is 0.880 bits per heavy atom. The molecule has 4 nitrogen and oxygen atoms in total. The van der Waals surface area contributed by atoms with Crippen LogP contribution in [0, 0.1) is 0 Å². The monoisotopic (exact) mass is 432 g/mol. The van der Waals surface area contributed by atoms with Crippen molar-refractivity contribution in [3.05, 3.63) is 57.4 Å². The van der Waals surface area contributed by atoms with Crippen LogP contribution >= 0.6 is 58.4 Å². The van der Waals surface area contributed by atoms with Crippen LogP contribution < -0.4 is 0 Å². The summed E-state index contributed by atoms with van der Waals surface area (Å²) in [5.41, 5.74) is 0. The first-order valence-corrected chi connectivity index (χ1v) is 12.1. The fraction of sp³-hybridized carbons (Fsp3) is 0.125. The largest absolute Gasteiger partial charge is 0.420 e. The zero-order valence-corrected chi connectivity index (χ0v) is 17.3. The Kier molecular flexibility index (Phi) is 6.45. The standard InChI is InChI=1S/C16H16O4S5/c17-11(9-21)19-13-3-1-7-24(13)15-5-6-16(23-15)25-8-2-4-14(25)20-12(18)10-22/h1-8,21-22,24-25H,9-10H2. The van der Waals surface area contributed by atoms with E-state index in [4.69, 9.17) is 9.47 Å². The van der Waals surface area contributed by atoms with E-state index < -0.39 is 21.8 Å². The number of esters is 2. The van der Waals surface area contributed by atoms with Crippen LogP contribution in [0.3, 0.4) is 0 Å². The van der Waals surface area contributed by atoms with Gasteiger partial charge in [-0.25, -0.2) is 0 Å². The van der Waals surface area contributed by atoms with E-state index in [-0.39, 0.29) is 23.4 Å². The molecule has 0 radical (unpaired) electrons. The van der Waals surface area contributed by atoms with Crippen LogP contribution in [0.25, 0.3) is 0 Å². The summed E-state index contributed by atoms with van der Waals surface area (Å²) in [5, 5.41) is 5.46. The van der Waals surface area contributed by atoms with Crippen LogP contribution in [0.4, 0.5) is 0 Å². The lowest BCUT2D eigenvalue weighted by atomic mass is 10.6. The number of hydrogen-bond donors (Lipinski definition) is 4. The molecule has 0 fully saturated rings. The van der Waals surface area contributed by atoms with E-state index >= 15 is 0 Å². The molecule has 2 unspecified atom stereocenters. The highest BCUT2D eigenvalue weighted by molar-refractivity contribution is 8.26. The van der Waals surface area contributed by atoms with Gasteiger partial charge in [0.2, 0.25) is 0 Å². The molecule has 1 aromatic rings. The molecule has 2 aliphatic rings. The van der Waals surface area contributed by atoms with Crippen LogP contribution in [0.2, 0.25) is 0 Å². The lowest BCUT2D eigenvalue weighted by Crippen LogP contribution is -2.04. The van der Waals surface area contributed by atoms with E-state index in [1.54, 1.807) is 11.3 Å². The molecule has 134 valence electrons. The highest BCUT2D eigenvalue weighted by Gasteiger charge is 2.23. The average Bonchev–Trinajstić information content (AvgIpc) is 3.33. The smallest absolute Gasteiger partial charge is 0.321 e. The number of carbonyl (C=O) groups is 2. The maximum Gasteiger partial charge on any atom is 0.321 e. The van der Waals surface area contributed by atoms with Crippen molar-refractivity contribution in [1.82, 2.24) is 0 Å². The van der Waals surface area contributed by atoms with Crippen LogP contribution in [-0.2, 0) is 19.1 Å². The lowest BCUT2D eigenvalue weighted by molar-refractivity contribution is -0.136. The van der Waals surface area contributed by atoms with Gasteiger partial charge in [0.15, 0.2) is 10.2 Å². The Labute approximate surface area is 166 Å². The summed E-state index contributed by atoms with van der Waals surface area (Å²) in [6.07, 6.45) is 7.47. The summed E-state index contributed by atoms with van der Waals surface area (Å²) in [7, 11) is -1.60. The van der Waals surface area contributed by atoms with Gasteiger partial charge in [-0.15, -0.1) is 33.1 Å². The van der Waals surface area contributed by atoms with Crippen molar-refractivity contribution in [3.8, 4) is 0 Å². The molecule has 1 aromatic heterocycles. The van der Waals surface area contributed by atoms with E-state index in [1.807, 2.05) is 24.3 Å². The Bertz CT molecular complexity index is 741. The van der Waals surface area contributed by atoms with E-state index in [0.717, 1.165) is 8.42 Å². The number of thiol groups is 4. The number of ether oxygens (including phenoxy) is 2. The summed E-state index contributed by atoms with van der Waals surface area (Å²) in [6, 6.07) is 4.10. The van der Waals surface area contributed by atoms with Crippen molar-refractivity contribution in [3.63, 3.8) is 0 Å². The molecule has 25 heavy (non-hydrogen) atoms. The molecule has 0 N–H and O–H groups in total. The van der Waals surface area contributed by atoms with Crippen molar-refractivity contribution in [2.75, 3.05) is 11.5 Å². The molecule has 0 bridgehead atoms. The third-order valence-corrected chi connectivity index (χ3v) is 9.72. The maximum absolute atomic E-state index is 11.5. The molecule has 3 rings (SSSR count). The highest BCUT2D eigenvalue weighted by atomic mass is 32.2. The number of hydrogen-bond acceptors (Lipinski definition) is 7. The number of thiophene rings is 1. The second-order valence-corrected chi connectivity index (χ2v) is 11.1. The van der Waals surface area contributed by atoms with Gasteiger partial charge in [0.05, 0.1) is 19.9 Å². The van der Waals surface area contributed by atoms with Gasteiger partial charge in [0.1, 0.15) is 0 Å². The van der Waals surface area contributed by atoms with Crippen LogP contribution in [0.5, 0.6) is 0 Å². The van der Waals surface area contributed by atoms with E-state index in [1.165, 1.54) is 0 Å². The number of rotatable bonds is 6. The van der Waals surface area contributed by atoms with Gasteiger partial charge in [-0.1, -0.05) is 12.2 Å². The Balaban J connectivity index is 1.74. The van der Waals surface area contributed by atoms with Gasteiger partial charge < -0.3 is 9.47 Å². The Hall–Kier alpha value is -1.00. The maximum atomic E-state index is 11.5. The first-order valence-electron chi connectivity index (χ1n) is 7.20. The molecule has 2 atom stereocenters. The minimum atomic E-state index is -0.801. The van der Waals surface area contributed by atoms with Gasteiger partial charge in [0, 0.05) is 0 Å². The minimum absolute atomic E-state index is 0.0525. The first kappa shape index (κ1) is 18.8. The molecular formula is C16H16O4S5. The van der Waals surface area contributed by atoms with Crippen molar-refractivity contribution in [2.45, 2.75) is 8.42 Å². The second-order valence-electron chi connectivity index (χ2n) is 4.81. The molecule has 0 saturated carbocycles. The van der Waals surface area contributed by atoms with Gasteiger partial charge in [-0.3, -0.25) is 9.59 Å². The summed E-state index contributed by atoms with van der Waals surface area (Å²) in [4.78, 5) is 23.0. The van der Waals surface area contributed by atoms with Gasteiger partial charge in [0.25, 0.3) is 0 Å². The van der Waals surface area contributed by atoms with E-state index in [0.29, 0.717) is 10.2 Å².